The van der Waals surface area contributed by atoms with E-state index in [2.05, 4.69) is 5.32 Å². The van der Waals surface area contributed by atoms with Crippen LogP contribution in [0, 0.1) is 5.82 Å². The number of ether oxygens (including phenoxy) is 1. The Kier molecular flexibility index (Phi) is 7.65. The molecule has 0 aliphatic rings. The Balaban J connectivity index is 1.69. The van der Waals surface area contributed by atoms with Crippen LogP contribution in [0.15, 0.2) is 114 Å². The number of nitrogens with one attached hydrogen (secondary N) is 1. The van der Waals surface area contributed by atoms with E-state index in [-0.39, 0.29) is 10.6 Å². The van der Waals surface area contributed by atoms with Crippen LogP contribution in [0.4, 0.5) is 10.1 Å². The Labute approximate surface area is 210 Å². The number of nitrogens with zero attached hydrogens (tertiary/aromatic N) is 1. The zero-order valence-corrected chi connectivity index (χ0v) is 20.4. The van der Waals surface area contributed by atoms with Crippen LogP contribution in [0.25, 0.3) is 0 Å². The van der Waals surface area contributed by atoms with Crippen LogP contribution >= 0.6 is 0 Å². The summed E-state index contributed by atoms with van der Waals surface area (Å²) in [5.74, 6) is -0.879. The molecule has 0 aliphatic heterocycles. The molecular formula is C28H25FN2O4S. The number of anilines is 1. The van der Waals surface area contributed by atoms with Gasteiger partial charge in [-0.15, -0.1) is 0 Å². The summed E-state index contributed by atoms with van der Waals surface area (Å²) in [6.07, 6.45) is 0. The van der Waals surface area contributed by atoms with Gasteiger partial charge in [0.05, 0.1) is 23.7 Å². The molecule has 0 radical (unpaired) electrons. The Morgan fingerprint density at radius 3 is 1.89 bits per heavy atom. The van der Waals surface area contributed by atoms with Crippen molar-refractivity contribution in [3.05, 3.63) is 126 Å². The molecule has 0 unspecified atom stereocenters. The van der Waals surface area contributed by atoms with E-state index in [4.69, 9.17) is 4.74 Å². The number of para-hydroxylation sites is 1. The molecule has 4 rings (SSSR count). The number of carbonyl (C=O) groups excluding carboxylic acids is 1. The predicted octanol–water partition coefficient (Wildman–Crippen LogP) is 4.94. The molecule has 4 aromatic rings. The Hall–Kier alpha value is -4.17. The standard InChI is InChI=1S/C28H25FN2O4S/c1-35-23-16-18-24(19-17-23)36(33,34)31(26-15-9-8-14-25(26)29)20-27(32)30-28(21-10-4-2-5-11-21)22-12-6-3-7-13-22/h2-19,28H,20H2,1H3,(H,30,32). The van der Waals surface area contributed by atoms with Gasteiger partial charge >= 0.3 is 0 Å². The first-order valence-electron chi connectivity index (χ1n) is 11.2. The Morgan fingerprint density at radius 2 is 1.36 bits per heavy atom. The highest BCUT2D eigenvalue weighted by atomic mass is 32.2. The number of amides is 1. The molecule has 0 saturated heterocycles. The van der Waals surface area contributed by atoms with Crippen molar-refractivity contribution in [3.63, 3.8) is 0 Å². The van der Waals surface area contributed by atoms with Crippen molar-refractivity contribution >= 4 is 21.6 Å². The molecule has 6 nitrogen and oxygen atoms in total. The second-order valence-corrected chi connectivity index (χ2v) is 9.82. The van der Waals surface area contributed by atoms with Gasteiger partial charge in [-0.2, -0.15) is 0 Å². The minimum absolute atomic E-state index is 0.0954. The summed E-state index contributed by atoms with van der Waals surface area (Å²) < 4.78 is 47.8. The number of halogens is 1. The second kappa shape index (κ2) is 11.0. The van der Waals surface area contributed by atoms with Crippen LogP contribution in [0.2, 0.25) is 0 Å². The lowest BCUT2D eigenvalue weighted by atomic mass is 9.99. The van der Waals surface area contributed by atoms with Crippen LogP contribution in [0.1, 0.15) is 17.2 Å². The van der Waals surface area contributed by atoms with E-state index >= 15 is 0 Å². The first-order chi connectivity index (χ1) is 17.4. The van der Waals surface area contributed by atoms with E-state index in [0.717, 1.165) is 21.5 Å². The number of carbonyl (C=O) groups is 1. The van der Waals surface area contributed by atoms with E-state index in [1.807, 2.05) is 60.7 Å². The summed E-state index contributed by atoms with van der Waals surface area (Å²) >= 11 is 0. The third-order valence-electron chi connectivity index (χ3n) is 5.63. The predicted molar refractivity (Wildman–Crippen MR) is 137 cm³/mol. The van der Waals surface area contributed by atoms with Gasteiger partial charge in [-0.3, -0.25) is 9.10 Å². The second-order valence-electron chi connectivity index (χ2n) is 7.96. The largest absolute Gasteiger partial charge is 0.497 e. The molecular weight excluding hydrogens is 479 g/mol. The summed E-state index contributed by atoms with van der Waals surface area (Å²) in [7, 11) is -2.82. The van der Waals surface area contributed by atoms with Crippen molar-refractivity contribution in [3.8, 4) is 5.75 Å². The summed E-state index contributed by atoms with van der Waals surface area (Å²) in [6.45, 7) is -0.620. The summed E-state index contributed by atoms with van der Waals surface area (Å²) in [5, 5.41) is 2.92. The van der Waals surface area contributed by atoms with E-state index < -0.39 is 34.3 Å². The van der Waals surface area contributed by atoms with E-state index in [1.54, 1.807) is 0 Å². The molecule has 0 bridgehead atoms. The maximum Gasteiger partial charge on any atom is 0.264 e. The van der Waals surface area contributed by atoms with E-state index in [9.17, 15) is 17.6 Å². The molecule has 0 saturated carbocycles. The smallest absolute Gasteiger partial charge is 0.264 e. The van der Waals surface area contributed by atoms with Gasteiger partial charge in [0.1, 0.15) is 18.1 Å². The summed E-state index contributed by atoms with van der Waals surface area (Å²) in [5.41, 5.74) is 1.43. The zero-order valence-electron chi connectivity index (χ0n) is 19.5. The van der Waals surface area contributed by atoms with Crippen LogP contribution in [-0.2, 0) is 14.8 Å². The number of rotatable bonds is 9. The molecule has 8 heteroatoms. The van der Waals surface area contributed by atoms with Crippen molar-refractivity contribution in [2.75, 3.05) is 18.0 Å². The molecule has 0 fully saturated rings. The van der Waals surface area contributed by atoms with Gasteiger partial charge in [0.15, 0.2) is 0 Å². The van der Waals surface area contributed by atoms with E-state index in [1.165, 1.54) is 49.6 Å². The van der Waals surface area contributed by atoms with Gasteiger partial charge in [-0.25, -0.2) is 12.8 Å². The molecule has 0 aliphatic carbocycles. The SMILES string of the molecule is COc1ccc(S(=O)(=O)N(CC(=O)NC(c2ccccc2)c2ccccc2)c2ccccc2F)cc1. The van der Waals surface area contributed by atoms with Crippen LogP contribution in [-0.4, -0.2) is 28.0 Å². The topological polar surface area (TPSA) is 75.7 Å². The molecule has 1 amide bonds. The summed E-state index contributed by atoms with van der Waals surface area (Å²) in [4.78, 5) is 13.2. The average Bonchev–Trinajstić information content (AvgIpc) is 2.92. The lowest BCUT2D eigenvalue weighted by Gasteiger charge is -2.26. The fraction of sp³-hybridized carbons (Fsp3) is 0.107. The quantitative estimate of drug-likeness (QED) is 0.351. The van der Waals surface area contributed by atoms with Crippen LogP contribution in [0.5, 0.6) is 5.75 Å². The van der Waals surface area contributed by atoms with Crippen molar-refractivity contribution in [1.29, 1.82) is 0 Å². The normalized spacial score (nSPS) is 11.2. The van der Waals surface area contributed by atoms with Crippen molar-refractivity contribution in [1.82, 2.24) is 5.32 Å². The Morgan fingerprint density at radius 1 is 0.833 bits per heavy atom. The molecule has 184 valence electrons. The van der Waals surface area contributed by atoms with Crippen LogP contribution in [0.3, 0.4) is 0 Å². The monoisotopic (exact) mass is 504 g/mol. The lowest BCUT2D eigenvalue weighted by molar-refractivity contribution is -0.120. The molecule has 0 aromatic heterocycles. The fourth-order valence-corrected chi connectivity index (χ4v) is 5.24. The van der Waals surface area contributed by atoms with Gasteiger partial charge < -0.3 is 10.1 Å². The minimum Gasteiger partial charge on any atom is -0.497 e. The van der Waals surface area contributed by atoms with Crippen molar-refractivity contribution in [2.45, 2.75) is 10.9 Å². The fourth-order valence-electron chi connectivity index (χ4n) is 3.82. The molecule has 1 N–H and O–H groups in total. The minimum atomic E-state index is -4.28. The third-order valence-corrected chi connectivity index (χ3v) is 7.40. The third kappa shape index (κ3) is 5.55. The van der Waals surface area contributed by atoms with Crippen molar-refractivity contribution < 1.29 is 22.3 Å². The van der Waals surface area contributed by atoms with Gasteiger partial charge in [0.25, 0.3) is 10.0 Å². The number of hydrogen-bond donors (Lipinski definition) is 1. The number of benzene rings is 4. The molecule has 36 heavy (non-hydrogen) atoms. The molecule has 4 aromatic carbocycles. The van der Waals surface area contributed by atoms with Gasteiger partial charge in [0.2, 0.25) is 5.91 Å². The number of hydrogen-bond acceptors (Lipinski definition) is 4. The molecule has 0 heterocycles. The Bertz CT molecular complexity index is 1370. The van der Waals surface area contributed by atoms with Gasteiger partial charge in [-0.1, -0.05) is 72.8 Å². The lowest BCUT2D eigenvalue weighted by Crippen LogP contribution is -2.42. The molecule has 0 atom stereocenters. The number of methoxy groups -OCH3 is 1. The first kappa shape index (κ1) is 24.9. The highest BCUT2D eigenvalue weighted by molar-refractivity contribution is 7.92. The van der Waals surface area contributed by atoms with Gasteiger partial charge in [0, 0.05) is 0 Å². The number of sulfonamides is 1. The van der Waals surface area contributed by atoms with Crippen LogP contribution < -0.4 is 14.4 Å². The maximum atomic E-state index is 14.8. The summed E-state index contributed by atoms with van der Waals surface area (Å²) in [6, 6.07) is 29.3. The van der Waals surface area contributed by atoms with Crippen molar-refractivity contribution in [2.24, 2.45) is 0 Å². The first-order valence-corrected chi connectivity index (χ1v) is 12.6. The van der Waals surface area contributed by atoms with E-state index in [0.29, 0.717) is 5.75 Å². The highest BCUT2D eigenvalue weighted by Crippen LogP contribution is 2.28. The maximum absolute atomic E-state index is 14.8. The van der Waals surface area contributed by atoms with Gasteiger partial charge in [-0.05, 0) is 47.5 Å². The highest BCUT2D eigenvalue weighted by Gasteiger charge is 2.30. The molecule has 0 spiro atoms. The average molecular weight is 505 g/mol. The zero-order chi connectivity index (χ0) is 25.5.